The van der Waals surface area contributed by atoms with E-state index in [1.54, 1.807) is 0 Å². The number of nitrogens with one attached hydrogen (secondary N) is 1. The second-order valence-electron chi connectivity index (χ2n) is 9.73. The minimum atomic E-state index is -0.842. The summed E-state index contributed by atoms with van der Waals surface area (Å²) in [7, 11) is 4.05. The molecule has 1 aromatic carbocycles. The van der Waals surface area contributed by atoms with Crippen LogP contribution >= 0.6 is 0 Å². The average Bonchev–Trinajstić information content (AvgIpc) is 3.28. The predicted octanol–water partition coefficient (Wildman–Crippen LogP) is 2.78. The number of hydrogen-bond acceptors (Lipinski definition) is 7. The molecule has 0 bridgehead atoms. The Morgan fingerprint density at radius 2 is 2.00 bits per heavy atom. The third-order valence-electron chi connectivity index (χ3n) is 5.56. The Kier molecular flexibility index (Phi) is 5.94. The maximum absolute atomic E-state index is 14.0. The number of nitrogens with two attached hydrogens (primary N) is 1. The summed E-state index contributed by atoms with van der Waals surface area (Å²) in [5, 5.41) is 3.47. The van der Waals surface area contributed by atoms with Gasteiger partial charge in [0.25, 0.3) is 0 Å². The normalized spacial score (nSPS) is 13.4. The van der Waals surface area contributed by atoms with Gasteiger partial charge in [0.2, 0.25) is 0 Å². The fourth-order valence-electron chi connectivity index (χ4n) is 4.05. The van der Waals surface area contributed by atoms with Crippen molar-refractivity contribution in [3.8, 4) is 5.75 Å². The van der Waals surface area contributed by atoms with Gasteiger partial charge >= 0.3 is 6.08 Å². The first-order valence-corrected chi connectivity index (χ1v) is 11.0. The van der Waals surface area contributed by atoms with Crippen LogP contribution in [0.1, 0.15) is 37.7 Å². The molecule has 3 heterocycles. The zero-order chi connectivity index (χ0) is 23.0. The number of halogens is 1. The van der Waals surface area contributed by atoms with Crippen LogP contribution in [0.5, 0.6) is 5.75 Å². The molecule has 0 atom stereocenters. The average molecular weight is 442 g/mol. The number of rotatable bonds is 7. The molecule has 2 aromatic heterocycles. The van der Waals surface area contributed by atoms with E-state index in [4.69, 9.17) is 15.5 Å². The molecule has 172 valence electrons. The maximum atomic E-state index is 14.0. The number of benzene rings is 1. The van der Waals surface area contributed by atoms with Crippen LogP contribution in [0.2, 0.25) is 0 Å². The van der Waals surface area contributed by atoms with Gasteiger partial charge < -0.3 is 25.3 Å². The van der Waals surface area contributed by atoms with E-state index >= 15 is 0 Å². The van der Waals surface area contributed by atoms with Crippen molar-refractivity contribution in [2.75, 3.05) is 44.4 Å². The van der Waals surface area contributed by atoms with Gasteiger partial charge in [-0.05, 0) is 28.7 Å². The van der Waals surface area contributed by atoms with Crippen molar-refractivity contribution in [1.82, 2.24) is 24.8 Å². The fraction of sp³-hybridized carbons (Fsp3) is 0.522. The van der Waals surface area contributed by atoms with Crippen molar-refractivity contribution in [1.29, 1.82) is 0 Å². The van der Waals surface area contributed by atoms with Gasteiger partial charge in [0.1, 0.15) is 11.6 Å². The summed E-state index contributed by atoms with van der Waals surface area (Å²) < 4.78 is 21.7. The second kappa shape index (κ2) is 8.54. The quantitative estimate of drug-likeness (QED) is 0.430. The molecule has 0 saturated heterocycles. The van der Waals surface area contributed by atoms with Crippen LogP contribution in [0.25, 0.3) is 11.2 Å². The molecule has 0 radical (unpaired) electrons. The zero-order valence-electron chi connectivity index (χ0n) is 19.5. The summed E-state index contributed by atoms with van der Waals surface area (Å²) in [6.07, 6.45) is 0.617. The van der Waals surface area contributed by atoms with E-state index in [1.807, 2.05) is 18.7 Å². The summed E-state index contributed by atoms with van der Waals surface area (Å²) in [6, 6.07) is 4.28. The van der Waals surface area contributed by atoms with E-state index < -0.39 is 6.08 Å². The first-order chi connectivity index (χ1) is 15.1. The van der Waals surface area contributed by atoms with Crippen LogP contribution in [0.4, 0.5) is 15.9 Å². The third kappa shape index (κ3) is 4.62. The Morgan fingerprint density at radius 1 is 1.22 bits per heavy atom. The maximum Gasteiger partial charge on any atom is 0.312 e. The van der Waals surface area contributed by atoms with Crippen molar-refractivity contribution in [2.45, 2.75) is 40.2 Å². The molecule has 0 fully saturated rings. The van der Waals surface area contributed by atoms with Gasteiger partial charge in [0, 0.05) is 52.3 Å². The van der Waals surface area contributed by atoms with E-state index in [2.05, 4.69) is 53.1 Å². The van der Waals surface area contributed by atoms with E-state index in [9.17, 15) is 4.39 Å². The van der Waals surface area contributed by atoms with Crippen LogP contribution in [-0.2, 0) is 19.4 Å². The minimum Gasteiger partial charge on any atom is -0.493 e. The van der Waals surface area contributed by atoms with Crippen molar-refractivity contribution in [3.05, 3.63) is 35.2 Å². The summed E-state index contributed by atoms with van der Waals surface area (Å²) in [6.45, 7) is 9.41. The zero-order valence-corrected chi connectivity index (χ0v) is 19.5. The number of hydrogen-bond donors (Lipinski definition) is 2. The first-order valence-electron chi connectivity index (χ1n) is 11.0. The highest BCUT2D eigenvalue weighted by molar-refractivity contribution is 5.82. The largest absolute Gasteiger partial charge is 0.493 e. The summed E-state index contributed by atoms with van der Waals surface area (Å²) in [5.74, 6) is 1.75. The number of imidazole rings is 1. The molecular weight excluding hydrogens is 409 g/mol. The van der Waals surface area contributed by atoms with Crippen LogP contribution in [-0.4, -0.2) is 53.3 Å². The molecule has 4 rings (SSSR count). The minimum absolute atomic E-state index is 0.0558. The molecule has 9 heteroatoms. The van der Waals surface area contributed by atoms with Gasteiger partial charge in [0.05, 0.1) is 6.61 Å². The van der Waals surface area contributed by atoms with Gasteiger partial charge in [-0.2, -0.15) is 14.4 Å². The highest BCUT2D eigenvalue weighted by Gasteiger charge is 2.21. The van der Waals surface area contributed by atoms with Crippen LogP contribution in [0.15, 0.2) is 12.1 Å². The Labute approximate surface area is 188 Å². The van der Waals surface area contributed by atoms with E-state index in [-0.39, 0.29) is 11.2 Å². The summed E-state index contributed by atoms with van der Waals surface area (Å²) in [5.41, 5.74) is 10.4. The van der Waals surface area contributed by atoms with E-state index in [0.717, 1.165) is 35.8 Å². The number of nitrogens with zero attached hydrogens (tertiary/aromatic N) is 5. The Morgan fingerprint density at radius 3 is 2.72 bits per heavy atom. The molecule has 0 aliphatic carbocycles. The number of anilines is 2. The van der Waals surface area contributed by atoms with Crippen molar-refractivity contribution < 1.29 is 9.13 Å². The van der Waals surface area contributed by atoms with Crippen molar-refractivity contribution >= 4 is 22.7 Å². The number of nitrogen functional groups attached to an aromatic ring is 1. The lowest BCUT2D eigenvalue weighted by atomic mass is 9.97. The number of fused-ring (bicyclic) bond motifs is 2. The lowest BCUT2D eigenvalue weighted by molar-refractivity contribution is 0.356. The summed E-state index contributed by atoms with van der Waals surface area (Å²) >= 11 is 0. The Hall–Kier alpha value is -2.94. The molecule has 32 heavy (non-hydrogen) atoms. The molecule has 0 amide bonds. The standard InChI is InChI=1S/C23H32FN7O/c1-23(2,3)13-26-7-8-31-18(27-19-20(25)28-22(24)29-21(19)31)12-15-11-17-14(6-9-32-17)10-16(15)30(4)5/h10-11,26H,6-9,12-13H2,1-5H3,(H2,25,28,29). The van der Waals surface area contributed by atoms with Crippen LogP contribution in [0, 0.1) is 11.5 Å². The van der Waals surface area contributed by atoms with Crippen molar-refractivity contribution in [2.24, 2.45) is 5.41 Å². The monoisotopic (exact) mass is 441 g/mol. The molecule has 0 unspecified atom stereocenters. The van der Waals surface area contributed by atoms with Crippen LogP contribution in [0.3, 0.4) is 0 Å². The molecule has 8 nitrogen and oxygen atoms in total. The van der Waals surface area contributed by atoms with Gasteiger partial charge in [-0.1, -0.05) is 20.8 Å². The number of ether oxygens (including phenoxy) is 1. The van der Waals surface area contributed by atoms with Gasteiger partial charge in [0.15, 0.2) is 17.0 Å². The Balaban J connectivity index is 1.71. The van der Waals surface area contributed by atoms with Gasteiger partial charge in [-0.15, -0.1) is 0 Å². The lowest BCUT2D eigenvalue weighted by Gasteiger charge is -2.20. The molecular formula is C23H32FN7O. The van der Waals surface area contributed by atoms with Gasteiger partial charge in [-0.25, -0.2) is 4.98 Å². The summed E-state index contributed by atoms with van der Waals surface area (Å²) in [4.78, 5) is 14.5. The lowest BCUT2D eigenvalue weighted by Crippen LogP contribution is -2.30. The van der Waals surface area contributed by atoms with Crippen molar-refractivity contribution in [3.63, 3.8) is 0 Å². The highest BCUT2D eigenvalue weighted by atomic mass is 19.1. The molecule has 3 aromatic rings. The Bertz CT molecular complexity index is 1130. The molecule has 1 aliphatic rings. The molecule has 0 saturated carbocycles. The third-order valence-corrected chi connectivity index (χ3v) is 5.56. The molecule has 0 spiro atoms. The predicted molar refractivity (Wildman–Crippen MR) is 125 cm³/mol. The second-order valence-corrected chi connectivity index (χ2v) is 9.73. The van der Waals surface area contributed by atoms with Crippen LogP contribution < -0.4 is 20.7 Å². The first kappa shape index (κ1) is 22.3. The smallest absolute Gasteiger partial charge is 0.312 e. The molecule has 3 N–H and O–H groups in total. The fourth-order valence-corrected chi connectivity index (χ4v) is 4.05. The SMILES string of the molecule is CN(C)c1cc2c(cc1Cc1nc3c(N)nc(F)nc3n1CCNCC(C)(C)C)OCC2. The van der Waals surface area contributed by atoms with E-state index in [0.29, 0.717) is 37.3 Å². The van der Waals surface area contributed by atoms with E-state index in [1.165, 1.54) is 5.56 Å². The number of aromatic nitrogens is 4. The van der Waals surface area contributed by atoms with Gasteiger partial charge in [-0.3, -0.25) is 0 Å². The molecule has 1 aliphatic heterocycles. The highest BCUT2D eigenvalue weighted by Crippen LogP contribution is 2.34. The topological polar surface area (TPSA) is 94.1 Å².